The van der Waals surface area contributed by atoms with Crippen molar-refractivity contribution in [1.29, 1.82) is 5.26 Å². The lowest BCUT2D eigenvalue weighted by Crippen LogP contribution is -2.51. The largest absolute Gasteiger partial charge is 0.351 e. The van der Waals surface area contributed by atoms with Gasteiger partial charge < -0.3 is 5.32 Å². The molecule has 1 amide bonds. The fraction of sp³-hybridized carbons (Fsp3) is 0.579. The molecule has 5 rings (SSSR count). The number of nitrogens with zero attached hydrogens (tertiary/aromatic N) is 1. The van der Waals surface area contributed by atoms with E-state index in [0.29, 0.717) is 16.5 Å². The van der Waals surface area contributed by atoms with Gasteiger partial charge in [0, 0.05) is 12.1 Å². The average Bonchev–Trinajstić information content (AvgIpc) is 2.51. The van der Waals surface area contributed by atoms with Gasteiger partial charge in [-0.3, -0.25) is 4.79 Å². The fourth-order valence-electron chi connectivity index (χ4n) is 5.57. The van der Waals surface area contributed by atoms with Gasteiger partial charge in [-0.05, 0) is 86.0 Å². The van der Waals surface area contributed by atoms with E-state index < -0.39 is 0 Å². The van der Waals surface area contributed by atoms with Crippen LogP contribution in [0.15, 0.2) is 24.3 Å². The lowest BCUT2D eigenvalue weighted by molar-refractivity contribution is -0.0503. The Hall–Kier alpha value is -1.82. The van der Waals surface area contributed by atoms with Gasteiger partial charge in [-0.25, -0.2) is 0 Å². The predicted molar refractivity (Wildman–Crippen MR) is 84.1 cm³/mol. The molecular weight excluding hydrogens is 272 g/mol. The van der Waals surface area contributed by atoms with E-state index in [4.69, 9.17) is 5.26 Å². The van der Waals surface area contributed by atoms with Crippen LogP contribution >= 0.6 is 0 Å². The standard InChI is InChI=1S/C19H22N2O/c20-11-13-1-3-17(4-2-13)18(22)21-12-19-8-14-5-15(9-19)7-16(6-14)10-19/h1-4,14-16H,5-10,12H2,(H,21,22). The molecule has 3 heteroatoms. The quantitative estimate of drug-likeness (QED) is 0.927. The highest BCUT2D eigenvalue weighted by molar-refractivity contribution is 5.94. The van der Waals surface area contributed by atoms with E-state index in [-0.39, 0.29) is 5.91 Å². The summed E-state index contributed by atoms with van der Waals surface area (Å²) in [5, 5.41) is 12.0. The van der Waals surface area contributed by atoms with Crippen molar-refractivity contribution in [3.8, 4) is 6.07 Å². The Morgan fingerprint density at radius 2 is 1.64 bits per heavy atom. The second-order valence-electron chi connectivity index (χ2n) is 7.79. The molecule has 0 radical (unpaired) electrons. The van der Waals surface area contributed by atoms with Crippen molar-refractivity contribution in [2.24, 2.45) is 23.2 Å². The smallest absolute Gasteiger partial charge is 0.251 e. The monoisotopic (exact) mass is 294 g/mol. The maximum atomic E-state index is 12.3. The minimum atomic E-state index is 0.000218. The Balaban J connectivity index is 1.42. The number of nitrogens with one attached hydrogen (secondary N) is 1. The number of rotatable bonds is 3. The minimum Gasteiger partial charge on any atom is -0.351 e. The van der Waals surface area contributed by atoms with Crippen LogP contribution in [0.1, 0.15) is 54.4 Å². The Labute approximate surface area is 131 Å². The maximum Gasteiger partial charge on any atom is 0.251 e. The van der Waals surface area contributed by atoms with E-state index in [1.807, 2.05) is 0 Å². The van der Waals surface area contributed by atoms with Crippen LogP contribution in [0.4, 0.5) is 0 Å². The Morgan fingerprint density at radius 1 is 1.09 bits per heavy atom. The zero-order valence-corrected chi connectivity index (χ0v) is 12.8. The summed E-state index contributed by atoms with van der Waals surface area (Å²) in [6.45, 7) is 0.829. The van der Waals surface area contributed by atoms with E-state index in [0.717, 1.165) is 24.3 Å². The molecule has 4 bridgehead atoms. The van der Waals surface area contributed by atoms with Crippen molar-refractivity contribution >= 4 is 5.91 Å². The van der Waals surface area contributed by atoms with Crippen LogP contribution < -0.4 is 5.32 Å². The number of hydrogen-bond acceptors (Lipinski definition) is 2. The Bertz CT molecular complexity index is 591. The molecule has 3 nitrogen and oxygen atoms in total. The molecule has 0 atom stereocenters. The van der Waals surface area contributed by atoms with Crippen molar-refractivity contribution in [3.05, 3.63) is 35.4 Å². The summed E-state index contributed by atoms with van der Waals surface area (Å²) in [6.07, 6.45) is 8.24. The number of nitriles is 1. The molecule has 1 aromatic carbocycles. The summed E-state index contributed by atoms with van der Waals surface area (Å²) in [5.41, 5.74) is 1.62. The molecule has 4 aliphatic rings. The van der Waals surface area contributed by atoms with Gasteiger partial charge in [-0.2, -0.15) is 5.26 Å². The zero-order chi connectivity index (χ0) is 15.2. The van der Waals surface area contributed by atoms with Gasteiger partial charge in [-0.15, -0.1) is 0 Å². The lowest BCUT2D eigenvalue weighted by Gasteiger charge is -2.56. The van der Waals surface area contributed by atoms with Crippen molar-refractivity contribution < 1.29 is 4.79 Å². The molecule has 0 aromatic heterocycles. The number of benzene rings is 1. The molecule has 1 N–H and O–H groups in total. The third-order valence-corrected chi connectivity index (χ3v) is 6.07. The van der Waals surface area contributed by atoms with E-state index in [9.17, 15) is 4.79 Å². The van der Waals surface area contributed by atoms with Crippen LogP contribution in [-0.4, -0.2) is 12.5 Å². The fourth-order valence-corrected chi connectivity index (χ4v) is 5.57. The molecule has 1 aromatic rings. The van der Waals surface area contributed by atoms with Crippen molar-refractivity contribution in [2.45, 2.75) is 38.5 Å². The highest BCUT2D eigenvalue weighted by Crippen LogP contribution is 2.59. The first-order valence-electron chi connectivity index (χ1n) is 8.44. The SMILES string of the molecule is N#Cc1ccc(C(=O)NCC23CC4CC(CC(C4)C2)C3)cc1. The summed E-state index contributed by atoms with van der Waals surface area (Å²) in [7, 11) is 0. The molecule has 0 unspecified atom stereocenters. The first-order valence-corrected chi connectivity index (χ1v) is 8.44. The minimum absolute atomic E-state index is 0.000218. The van der Waals surface area contributed by atoms with Crippen molar-refractivity contribution in [3.63, 3.8) is 0 Å². The zero-order valence-electron chi connectivity index (χ0n) is 12.8. The molecule has 22 heavy (non-hydrogen) atoms. The van der Waals surface area contributed by atoms with Crippen LogP contribution in [0, 0.1) is 34.5 Å². The average molecular weight is 294 g/mol. The van der Waals surface area contributed by atoms with Gasteiger partial charge in [0.15, 0.2) is 0 Å². The number of carbonyl (C=O) groups excluding carboxylic acids is 1. The molecule has 0 saturated heterocycles. The van der Waals surface area contributed by atoms with E-state index in [1.54, 1.807) is 24.3 Å². The van der Waals surface area contributed by atoms with Crippen molar-refractivity contribution in [1.82, 2.24) is 5.32 Å². The molecule has 4 saturated carbocycles. The topological polar surface area (TPSA) is 52.9 Å². The summed E-state index contributed by atoms with van der Waals surface area (Å²) < 4.78 is 0. The maximum absolute atomic E-state index is 12.3. The first kappa shape index (κ1) is 13.8. The highest BCUT2D eigenvalue weighted by atomic mass is 16.1. The molecule has 0 heterocycles. The normalized spacial score (nSPS) is 35.1. The molecule has 4 aliphatic carbocycles. The lowest BCUT2D eigenvalue weighted by atomic mass is 9.49. The third kappa shape index (κ3) is 2.41. The molecule has 0 spiro atoms. The van der Waals surface area contributed by atoms with Crippen LogP contribution in [0.3, 0.4) is 0 Å². The summed E-state index contributed by atoms with van der Waals surface area (Å²) in [6, 6.07) is 8.99. The first-order chi connectivity index (χ1) is 10.7. The second kappa shape index (κ2) is 5.12. The molecule has 4 fully saturated rings. The number of carbonyl (C=O) groups is 1. The Kier molecular flexibility index (Phi) is 3.22. The van der Waals surface area contributed by atoms with Crippen LogP contribution in [0.25, 0.3) is 0 Å². The van der Waals surface area contributed by atoms with Crippen molar-refractivity contribution in [2.75, 3.05) is 6.54 Å². The molecule has 0 aliphatic heterocycles. The van der Waals surface area contributed by atoms with E-state index >= 15 is 0 Å². The summed E-state index contributed by atoms with van der Waals surface area (Å²) in [4.78, 5) is 12.3. The van der Waals surface area contributed by atoms with Crippen LogP contribution in [0.2, 0.25) is 0 Å². The Morgan fingerprint density at radius 3 is 2.14 bits per heavy atom. The van der Waals surface area contributed by atoms with E-state index in [1.165, 1.54) is 38.5 Å². The van der Waals surface area contributed by atoms with Crippen LogP contribution in [-0.2, 0) is 0 Å². The van der Waals surface area contributed by atoms with Gasteiger partial charge >= 0.3 is 0 Å². The third-order valence-electron chi connectivity index (χ3n) is 6.07. The molecule has 114 valence electrons. The number of hydrogen-bond donors (Lipinski definition) is 1. The van der Waals surface area contributed by atoms with Gasteiger partial charge in [0.05, 0.1) is 11.6 Å². The summed E-state index contributed by atoms with van der Waals surface area (Å²) >= 11 is 0. The number of amides is 1. The van der Waals surface area contributed by atoms with E-state index in [2.05, 4.69) is 11.4 Å². The summed E-state index contributed by atoms with van der Waals surface area (Å²) in [5.74, 6) is 2.74. The van der Waals surface area contributed by atoms with Gasteiger partial charge in [0.25, 0.3) is 5.91 Å². The molecular formula is C19H22N2O. The van der Waals surface area contributed by atoms with Gasteiger partial charge in [-0.1, -0.05) is 0 Å². The predicted octanol–water partition coefficient (Wildman–Crippen LogP) is 3.50. The van der Waals surface area contributed by atoms with Crippen LogP contribution in [0.5, 0.6) is 0 Å². The highest BCUT2D eigenvalue weighted by Gasteiger charge is 2.50. The van der Waals surface area contributed by atoms with Gasteiger partial charge in [0.1, 0.15) is 0 Å². The second-order valence-corrected chi connectivity index (χ2v) is 7.79. The van der Waals surface area contributed by atoms with Gasteiger partial charge in [0.2, 0.25) is 0 Å².